The Hall–Kier alpha value is -2.36. The minimum atomic E-state index is -2.11. The van der Waals surface area contributed by atoms with Gasteiger partial charge in [-0.25, -0.2) is 9.59 Å². The average molecular weight is 573 g/mol. The summed E-state index contributed by atoms with van der Waals surface area (Å²) >= 11 is 0. The molecular weight excluding hydrogens is 532 g/mol. The van der Waals surface area contributed by atoms with E-state index in [9.17, 15) is 35.1 Å². The third-order valence-corrected chi connectivity index (χ3v) is 7.76. The summed E-state index contributed by atoms with van der Waals surface area (Å²) in [4.78, 5) is 25.6. The van der Waals surface area contributed by atoms with Gasteiger partial charge >= 0.3 is 11.9 Å². The maximum atomic E-state index is 13.0. The first-order valence-corrected chi connectivity index (χ1v) is 13.2. The van der Waals surface area contributed by atoms with Gasteiger partial charge in [-0.2, -0.15) is 0 Å². The lowest BCUT2D eigenvalue weighted by molar-refractivity contribution is -0.347. The van der Waals surface area contributed by atoms with E-state index in [1.54, 1.807) is 26.0 Å². The van der Waals surface area contributed by atoms with Crippen molar-refractivity contribution in [1.82, 2.24) is 0 Å². The van der Waals surface area contributed by atoms with Gasteiger partial charge in [0.1, 0.15) is 48.0 Å². The third-order valence-electron chi connectivity index (χ3n) is 7.76. The SMILES string of the molecule is COC(=O)C1=CO[C@@H](O[C@@H]2O[C@H](CO)[C@@H](O)[C@H](O)[C@H]2O)[C@@H]2[C@H](C)C[C@@H](OC(=O)/C(C)=C/CC/C(C)=C/CO)[C@]12O. The molecule has 3 rings (SSSR count). The van der Waals surface area contributed by atoms with Crippen molar-refractivity contribution in [1.29, 1.82) is 0 Å². The van der Waals surface area contributed by atoms with Gasteiger partial charge in [0.05, 0.1) is 26.2 Å². The number of carbonyl (C=O) groups is 2. The van der Waals surface area contributed by atoms with Crippen molar-refractivity contribution in [3.8, 4) is 0 Å². The van der Waals surface area contributed by atoms with Crippen LogP contribution in [0.2, 0.25) is 0 Å². The molecule has 10 atom stereocenters. The van der Waals surface area contributed by atoms with Crippen molar-refractivity contribution in [2.45, 2.75) is 88.7 Å². The van der Waals surface area contributed by atoms with Gasteiger partial charge in [0.25, 0.3) is 0 Å². The number of ether oxygens (including phenoxy) is 5. The standard InChI is InChI=1S/C27H40O13/c1-13(8-9-28)6-5-7-14(2)23(33)39-18-10-15(3)19-25(37-12-16(24(34)36-4)27(18,19)35)40-26-22(32)21(31)20(30)17(11-29)38-26/h7-8,12,15,17-22,25-26,28-32,35H,5-6,9-11H2,1-4H3/b13-8+,14-7+/t15-,17-,18-,19+,20-,21+,22-,25+,26+,27-/m1/s1. The van der Waals surface area contributed by atoms with E-state index in [4.69, 9.17) is 28.8 Å². The second kappa shape index (κ2) is 13.5. The van der Waals surface area contributed by atoms with Crippen LogP contribution in [0.25, 0.3) is 0 Å². The predicted molar refractivity (Wildman–Crippen MR) is 136 cm³/mol. The molecule has 0 aromatic rings. The summed E-state index contributed by atoms with van der Waals surface area (Å²) in [6.45, 7) is 4.42. The van der Waals surface area contributed by atoms with Crippen LogP contribution in [0.5, 0.6) is 0 Å². The number of hydrogen-bond acceptors (Lipinski definition) is 13. The molecule has 0 amide bonds. The monoisotopic (exact) mass is 572 g/mol. The highest BCUT2D eigenvalue weighted by molar-refractivity contribution is 5.92. The van der Waals surface area contributed by atoms with Crippen LogP contribution in [0, 0.1) is 11.8 Å². The molecule has 40 heavy (non-hydrogen) atoms. The summed E-state index contributed by atoms with van der Waals surface area (Å²) in [6.07, 6.45) is -4.83. The number of fused-ring (bicyclic) bond motifs is 1. The van der Waals surface area contributed by atoms with Crippen LogP contribution in [-0.2, 0) is 33.3 Å². The van der Waals surface area contributed by atoms with Crippen LogP contribution < -0.4 is 0 Å². The molecule has 1 aliphatic carbocycles. The largest absolute Gasteiger partial charge is 0.471 e. The summed E-state index contributed by atoms with van der Waals surface area (Å²) < 4.78 is 27.4. The first kappa shape index (κ1) is 32.2. The van der Waals surface area contributed by atoms with Gasteiger partial charge in [0.2, 0.25) is 6.29 Å². The highest BCUT2D eigenvalue weighted by Gasteiger charge is 2.65. The first-order valence-electron chi connectivity index (χ1n) is 13.2. The van der Waals surface area contributed by atoms with Gasteiger partial charge in [0.15, 0.2) is 6.29 Å². The highest BCUT2D eigenvalue weighted by atomic mass is 16.8. The number of aliphatic hydroxyl groups excluding tert-OH is 5. The first-order chi connectivity index (χ1) is 18.9. The summed E-state index contributed by atoms with van der Waals surface area (Å²) in [5.74, 6) is -3.08. The molecule has 1 saturated heterocycles. The Morgan fingerprint density at radius 3 is 2.42 bits per heavy atom. The van der Waals surface area contributed by atoms with Crippen LogP contribution in [0.15, 0.2) is 35.1 Å². The zero-order valence-electron chi connectivity index (χ0n) is 23.0. The van der Waals surface area contributed by atoms with Crippen molar-refractivity contribution in [2.24, 2.45) is 11.8 Å². The van der Waals surface area contributed by atoms with Gasteiger partial charge < -0.3 is 54.3 Å². The number of rotatable bonds is 10. The molecule has 2 fully saturated rings. The van der Waals surface area contributed by atoms with Crippen molar-refractivity contribution in [3.63, 3.8) is 0 Å². The van der Waals surface area contributed by atoms with Gasteiger partial charge in [-0.3, -0.25) is 0 Å². The van der Waals surface area contributed by atoms with Gasteiger partial charge in [-0.05, 0) is 39.0 Å². The normalized spacial score (nSPS) is 38.2. The van der Waals surface area contributed by atoms with Crippen LogP contribution in [0.4, 0.5) is 0 Å². The quantitative estimate of drug-likeness (QED) is 0.108. The van der Waals surface area contributed by atoms with E-state index in [0.717, 1.165) is 18.9 Å². The maximum Gasteiger partial charge on any atom is 0.339 e. The summed E-state index contributed by atoms with van der Waals surface area (Å²) in [6, 6.07) is 0. The van der Waals surface area contributed by atoms with Crippen molar-refractivity contribution >= 4 is 11.9 Å². The molecule has 0 aromatic carbocycles. The van der Waals surface area contributed by atoms with Crippen molar-refractivity contribution in [2.75, 3.05) is 20.3 Å². The molecule has 0 unspecified atom stereocenters. The zero-order chi connectivity index (χ0) is 29.8. The van der Waals surface area contributed by atoms with E-state index in [1.165, 1.54) is 0 Å². The predicted octanol–water partition coefficient (Wildman–Crippen LogP) is -0.820. The lowest BCUT2D eigenvalue weighted by Gasteiger charge is -2.45. The molecule has 6 N–H and O–H groups in total. The Bertz CT molecular complexity index is 1000. The van der Waals surface area contributed by atoms with Crippen LogP contribution in [0.3, 0.4) is 0 Å². The second-order valence-electron chi connectivity index (χ2n) is 10.5. The van der Waals surface area contributed by atoms with E-state index in [2.05, 4.69) is 0 Å². The number of hydrogen-bond donors (Lipinski definition) is 6. The molecule has 13 nitrogen and oxygen atoms in total. The van der Waals surface area contributed by atoms with Gasteiger partial charge in [-0.15, -0.1) is 0 Å². The Balaban J connectivity index is 1.84. The summed E-state index contributed by atoms with van der Waals surface area (Å²) in [5, 5.41) is 61.1. The average Bonchev–Trinajstić information content (AvgIpc) is 3.18. The van der Waals surface area contributed by atoms with Crippen molar-refractivity contribution < 1.29 is 63.9 Å². The molecule has 0 aromatic heterocycles. The molecule has 1 saturated carbocycles. The van der Waals surface area contributed by atoms with Crippen LogP contribution >= 0.6 is 0 Å². The zero-order valence-corrected chi connectivity index (χ0v) is 23.0. The van der Waals surface area contributed by atoms with E-state index >= 15 is 0 Å². The fourth-order valence-corrected chi connectivity index (χ4v) is 5.42. The van der Waals surface area contributed by atoms with Crippen LogP contribution in [-0.4, -0.2) is 112 Å². The number of esters is 2. The van der Waals surface area contributed by atoms with E-state index in [0.29, 0.717) is 18.4 Å². The number of allylic oxidation sites excluding steroid dienone is 2. The second-order valence-corrected chi connectivity index (χ2v) is 10.5. The molecule has 0 spiro atoms. The van der Waals surface area contributed by atoms with Crippen molar-refractivity contribution in [3.05, 3.63) is 35.1 Å². The van der Waals surface area contributed by atoms with Gasteiger partial charge in [0, 0.05) is 5.57 Å². The van der Waals surface area contributed by atoms with E-state index < -0.39 is 79.1 Å². The molecular formula is C27H40O13. The topological polar surface area (TPSA) is 202 Å². The molecule has 0 bridgehead atoms. The minimum absolute atomic E-state index is 0.0724. The maximum absolute atomic E-state index is 13.0. The highest BCUT2D eigenvalue weighted by Crippen LogP contribution is 2.52. The minimum Gasteiger partial charge on any atom is -0.471 e. The van der Waals surface area contributed by atoms with Gasteiger partial charge in [-0.1, -0.05) is 24.6 Å². The van der Waals surface area contributed by atoms with E-state index in [-0.39, 0.29) is 18.6 Å². The summed E-state index contributed by atoms with van der Waals surface area (Å²) in [7, 11) is 1.12. The van der Waals surface area contributed by atoms with E-state index in [1.807, 2.05) is 6.92 Å². The molecule has 3 aliphatic rings. The molecule has 2 heterocycles. The third kappa shape index (κ3) is 6.42. The molecule has 226 valence electrons. The van der Waals surface area contributed by atoms with Crippen LogP contribution in [0.1, 0.15) is 40.0 Å². The molecule has 2 aliphatic heterocycles. The number of aliphatic hydroxyl groups is 6. The number of methoxy groups -OCH3 is 1. The lowest BCUT2D eigenvalue weighted by atomic mass is 9.78. The number of carbonyl (C=O) groups excluding carboxylic acids is 2. The molecule has 0 radical (unpaired) electrons. The Morgan fingerprint density at radius 1 is 1.10 bits per heavy atom. The fraction of sp³-hybridized carbons (Fsp3) is 0.704. The summed E-state index contributed by atoms with van der Waals surface area (Å²) in [5.41, 5.74) is -1.15. The Kier molecular flexibility index (Phi) is 10.9. The lowest BCUT2D eigenvalue weighted by Crippen LogP contribution is -2.62. The molecule has 13 heteroatoms. The smallest absolute Gasteiger partial charge is 0.339 e. The Morgan fingerprint density at radius 2 is 1.80 bits per heavy atom. The fourth-order valence-electron chi connectivity index (χ4n) is 5.42. The Labute approximate surface area is 232 Å².